The Balaban J connectivity index is 1.77. The van der Waals surface area contributed by atoms with E-state index >= 15 is 0 Å². The Morgan fingerprint density at radius 1 is 1.19 bits per heavy atom. The first kappa shape index (κ1) is 18.3. The monoisotopic (exact) mass is 357 g/mol. The number of methoxy groups -OCH3 is 2. The molecule has 1 aromatic carbocycles. The lowest BCUT2D eigenvalue weighted by Crippen LogP contribution is -2.31. The van der Waals surface area contributed by atoms with Crippen molar-refractivity contribution in [1.82, 2.24) is 15.1 Å². The van der Waals surface area contributed by atoms with Gasteiger partial charge in [0.2, 0.25) is 0 Å². The molecule has 6 nitrogen and oxygen atoms in total. The van der Waals surface area contributed by atoms with Crippen molar-refractivity contribution in [1.29, 1.82) is 0 Å². The fourth-order valence-electron chi connectivity index (χ4n) is 3.54. The lowest BCUT2D eigenvalue weighted by molar-refractivity contribution is 0.0934. The Labute approximate surface area is 154 Å². The Bertz CT molecular complexity index is 764. The maximum atomic E-state index is 12.6. The van der Waals surface area contributed by atoms with Crippen LogP contribution in [-0.2, 0) is 7.05 Å². The van der Waals surface area contributed by atoms with Crippen LogP contribution in [0.2, 0.25) is 0 Å². The van der Waals surface area contributed by atoms with Crippen LogP contribution in [0.3, 0.4) is 0 Å². The van der Waals surface area contributed by atoms with Gasteiger partial charge in [-0.25, -0.2) is 0 Å². The molecule has 1 amide bonds. The standard InChI is InChI=1S/C20H27N3O3/c1-23-18(20(24)21-13-14-7-5-4-6-8-14)12-17(22-23)16-11-15(25-2)9-10-19(16)26-3/h9-12,14H,4-8,13H2,1-3H3,(H,21,24). The molecule has 0 aliphatic heterocycles. The zero-order chi connectivity index (χ0) is 18.5. The molecule has 1 heterocycles. The largest absolute Gasteiger partial charge is 0.497 e. The van der Waals surface area contributed by atoms with E-state index in [4.69, 9.17) is 9.47 Å². The van der Waals surface area contributed by atoms with Gasteiger partial charge in [0.05, 0.1) is 19.9 Å². The van der Waals surface area contributed by atoms with Gasteiger partial charge in [-0.05, 0) is 43.0 Å². The van der Waals surface area contributed by atoms with E-state index in [-0.39, 0.29) is 5.91 Å². The van der Waals surface area contributed by atoms with Crippen LogP contribution in [0.1, 0.15) is 42.6 Å². The zero-order valence-corrected chi connectivity index (χ0v) is 15.7. The molecule has 1 N–H and O–H groups in total. The topological polar surface area (TPSA) is 65.4 Å². The lowest BCUT2D eigenvalue weighted by atomic mass is 9.89. The molecule has 0 saturated heterocycles. The van der Waals surface area contributed by atoms with E-state index in [1.807, 2.05) is 18.2 Å². The van der Waals surface area contributed by atoms with Crippen LogP contribution in [0.5, 0.6) is 11.5 Å². The van der Waals surface area contributed by atoms with E-state index in [0.29, 0.717) is 23.1 Å². The van der Waals surface area contributed by atoms with Crippen molar-refractivity contribution in [2.45, 2.75) is 32.1 Å². The highest BCUT2D eigenvalue weighted by molar-refractivity contribution is 5.94. The number of nitrogens with one attached hydrogen (secondary N) is 1. The van der Waals surface area contributed by atoms with Gasteiger partial charge in [0, 0.05) is 19.2 Å². The number of aryl methyl sites for hydroxylation is 1. The van der Waals surface area contributed by atoms with Crippen LogP contribution in [0, 0.1) is 5.92 Å². The van der Waals surface area contributed by atoms with Gasteiger partial charge >= 0.3 is 0 Å². The number of rotatable bonds is 6. The number of aromatic nitrogens is 2. The molecule has 0 bridgehead atoms. The molecule has 1 aliphatic carbocycles. The highest BCUT2D eigenvalue weighted by Gasteiger charge is 2.19. The van der Waals surface area contributed by atoms with Gasteiger partial charge < -0.3 is 14.8 Å². The van der Waals surface area contributed by atoms with E-state index in [2.05, 4.69) is 10.4 Å². The SMILES string of the molecule is COc1ccc(OC)c(-c2cc(C(=O)NCC3CCCCC3)n(C)n2)c1. The maximum Gasteiger partial charge on any atom is 0.269 e. The average molecular weight is 357 g/mol. The van der Waals surface area contributed by atoms with Crippen molar-refractivity contribution >= 4 is 5.91 Å². The van der Waals surface area contributed by atoms with Crippen LogP contribution < -0.4 is 14.8 Å². The van der Waals surface area contributed by atoms with Crippen molar-refractivity contribution in [2.75, 3.05) is 20.8 Å². The molecule has 0 atom stereocenters. The van der Waals surface area contributed by atoms with E-state index in [0.717, 1.165) is 17.9 Å². The first-order chi connectivity index (χ1) is 12.6. The van der Waals surface area contributed by atoms with Crippen molar-refractivity contribution in [3.63, 3.8) is 0 Å². The first-order valence-electron chi connectivity index (χ1n) is 9.17. The summed E-state index contributed by atoms with van der Waals surface area (Å²) in [7, 11) is 5.02. The number of ether oxygens (including phenoxy) is 2. The minimum Gasteiger partial charge on any atom is -0.497 e. The third kappa shape index (κ3) is 4.00. The molecule has 1 aromatic heterocycles. The van der Waals surface area contributed by atoms with E-state index < -0.39 is 0 Å². The van der Waals surface area contributed by atoms with E-state index in [9.17, 15) is 4.79 Å². The molecule has 0 spiro atoms. The molecular weight excluding hydrogens is 330 g/mol. The van der Waals surface area contributed by atoms with Crippen LogP contribution in [0.15, 0.2) is 24.3 Å². The Hall–Kier alpha value is -2.50. The number of hydrogen-bond acceptors (Lipinski definition) is 4. The molecule has 2 aromatic rings. The average Bonchev–Trinajstić information content (AvgIpc) is 3.08. The number of amides is 1. The first-order valence-corrected chi connectivity index (χ1v) is 9.17. The second-order valence-corrected chi connectivity index (χ2v) is 6.82. The Morgan fingerprint density at radius 3 is 2.65 bits per heavy atom. The molecule has 1 aliphatic rings. The van der Waals surface area contributed by atoms with Gasteiger partial charge in [0.25, 0.3) is 5.91 Å². The van der Waals surface area contributed by atoms with E-state index in [1.54, 1.807) is 32.0 Å². The second kappa shape index (κ2) is 8.25. The van der Waals surface area contributed by atoms with Gasteiger partial charge in [-0.3, -0.25) is 9.48 Å². The molecule has 26 heavy (non-hydrogen) atoms. The molecule has 1 fully saturated rings. The molecular formula is C20H27N3O3. The molecule has 3 rings (SSSR count). The van der Waals surface area contributed by atoms with Crippen LogP contribution in [-0.4, -0.2) is 36.5 Å². The fourth-order valence-corrected chi connectivity index (χ4v) is 3.54. The summed E-state index contributed by atoms with van der Waals surface area (Å²) < 4.78 is 12.3. The second-order valence-electron chi connectivity index (χ2n) is 6.82. The van der Waals surface area contributed by atoms with Gasteiger partial charge in [0.15, 0.2) is 0 Å². The molecule has 0 unspecified atom stereocenters. The number of hydrogen-bond donors (Lipinski definition) is 1. The van der Waals surface area contributed by atoms with Gasteiger partial charge in [0.1, 0.15) is 17.2 Å². The molecule has 6 heteroatoms. The van der Waals surface area contributed by atoms with Gasteiger partial charge in [-0.2, -0.15) is 5.10 Å². The van der Waals surface area contributed by atoms with Gasteiger partial charge in [-0.1, -0.05) is 19.3 Å². The number of carbonyl (C=O) groups excluding carboxylic acids is 1. The highest BCUT2D eigenvalue weighted by Crippen LogP contribution is 2.33. The summed E-state index contributed by atoms with van der Waals surface area (Å²) in [5.41, 5.74) is 2.03. The van der Waals surface area contributed by atoms with Crippen LogP contribution in [0.4, 0.5) is 0 Å². The molecule has 140 valence electrons. The number of benzene rings is 1. The highest BCUT2D eigenvalue weighted by atomic mass is 16.5. The summed E-state index contributed by atoms with van der Waals surface area (Å²) in [5.74, 6) is 1.92. The van der Waals surface area contributed by atoms with E-state index in [1.165, 1.54) is 32.1 Å². The third-order valence-electron chi connectivity index (χ3n) is 5.07. The molecule has 0 radical (unpaired) electrons. The normalized spacial score (nSPS) is 14.9. The molecule has 1 saturated carbocycles. The Kier molecular flexibility index (Phi) is 5.81. The summed E-state index contributed by atoms with van der Waals surface area (Å²) in [5, 5.41) is 7.57. The summed E-state index contributed by atoms with van der Waals surface area (Å²) in [6.45, 7) is 0.738. The predicted octanol–water partition coefficient (Wildman–Crippen LogP) is 3.41. The van der Waals surface area contributed by atoms with Crippen LogP contribution >= 0.6 is 0 Å². The minimum absolute atomic E-state index is 0.0845. The van der Waals surface area contributed by atoms with Crippen molar-refractivity contribution in [2.24, 2.45) is 13.0 Å². The lowest BCUT2D eigenvalue weighted by Gasteiger charge is -2.21. The number of nitrogens with zero attached hydrogens (tertiary/aromatic N) is 2. The fraction of sp³-hybridized carbons (Fsp3) is 0.500. The number of carbonyl (C=O) groups is 1. The predicted molar refractivity (Wildman–Crippen MR) is 101 cm³/mol. The maximum absolute atomic E-state index is 12.6. The summed E-state index contributed by atoms with van der Waals surface area (Å²) in [6.07, 6.45) is 6.27. The van der Waals surface area contributed by atoms with Crippen LogP contribution in [0.25, 0.3) is 11.3 Å². The van der Waals surface area contributed by atoms with Gasteiger partial charge in [-0.15, -0.1) is 0 Å². The summed E-state index contributed by atoms with van der Waals surface area (Å²) in [4.78, 5) is 12.6. The smallest absolute Gasteiger partial charge is 0.269 e. The third-order valence-corrected chi connectivity index (χ3v) is 5.07. The van der Waals surface area contributed by atoms with Crippen molar-refractivity contribution in [3.8, 4) is 22.8 Å². The Morgan fingerprint density at radius 2 is 1.96 bits per heavy atom. The minimum atomic E-state index is -0.0845. The summed E-state index contributed by atoms with van der Waals surface area (Å²) in [6, 6.07) is 7.34. The van der Waals surface area contributed by atoms with Crippen molar-refractivity contribution in [3.05, 3.63) is 30.0 Å². The zero-order valence-electron chi connectivity index (χ0n) is 15.7. The van der Waals surface area contributed by atoms with Crippen molar-refractivity contribution < 1.29 is 14.3 Å². The quantitative estimate of drug-likeness (QED) is 0.860. The summed E-state index contributed by atoms with van der Waals surface area (Å²) >= 11 is 0.